The van der Waals surface area contributed by atoms with Crippen LogP contribution in [0.4, 0.5) is 0 Å². The topological polar surface area (TPSA) is 12.0 Å². The molecule has 0 aliphatic heterocycles. The summed E-state index contributed by atoms with van der Waals surface area (Å²) in [5.41, 5.74) is 1.11. The van der Waals surface area contributed by atoms with Gasteiger partial charge < -0.3 is 5.32 Å². The minimum absolute atomic E-state index is 0.300. The Bertz CT molecular complexity index is 336. The van der Waals surface area contributed by atoms with E-state index < -0.39 is 0 Å². The molecule has 1 N–H and O–H groups in total. The highest BCUT2D eigenvalue weighted by Gasteiger charge is 2.15. The van der Waals surface area contributed by atoms with Gasteiger partial charge >= 0.3 is 0 Å². The average Bonchev–Trinajstić information content (AvgIpc) is 2.34. The molecule has 0 aromatic heterocycles. The molecule has 1 aromatic carbocycles. The Morgan fingerprint density at radius 3 is 2.76 bits per heavy atom. The lowest BCUT2D eigenvalue weighted by molar-refractivity contribution is 0.522. The summed E-state index contributed by atoms with van der Waals surface area (Å²) in [5, 5.41) is 4.85. The molecule has 0 saturated carbocycles. The van der Waals surface area contributed by atoms with Gasteiger partial charge in [0, 0.05) is 6.04 Å². The molecule has 4 heteroatoms. The second kappa shape index (κ2) is 8.25. The van der Waals surface area contributed by atoms with Crippen LogP contribution in [0.25, 0.3) is 0 Å². The second-order valence-corrected chi connectivity index (χ2v) is 5.70. The first kappa shape index (κ1) is 15.2. The zero-order chi connectivity index (χ0) is 12.7. The predicted octanol–water partition coefficient (Wildman–Crippen LogP) is 4.79. The molecule has 17 heavy (non-hydrogen) atoms. The molecule has 0 fully saturated rings. The van der Waals surface area contributed by atoms with Crippen LogP contribution in [0.1, 0.15) is 31.4 Å². The van der Waals surface area contributed by atoms with Crippen molar-refractivity contribution in [3.63, 3.8) is 0 Å². The molecule has 1 aromatic rings. The predicted molar refractivity (Wildman–Crippen MR) is 80.5 cm³/mol. The van der Waals surface area contributed by atoms with Crippen LogP contribution in [0.2, 0.25) is 10.0 Å². The number of rotatable bonds is 7. The van der Waals surface area contributed by atoms with Crippen LogP contribution in [0.15, 0.2) is 18.2 Å². The Labute approximate surface area is 118 Å². The molecular formula is C13H19Cl2NS. The zero-order valence-corrected chi connectivity index (χ0v) is 12.6. The molecule has 1 atom stereocenters. The second-order valence-electron chi connectivity index (χ2n) is 3.93. The number of thioether (sulfide) groups is 1. The van der Waals surface area contributed by atoms with Crippen molar-refractivity contribution in [2.45, 2.75) is 25.8 Å². The quantitative estimate of drug-likeness (QED) is 0.775. The van der Waals surface area contributed by atoms with Crippen LogP contribution in [0.3, 0.4) is 0 Å². The first-order valence-corrected chi connectivity index (χ1v) is 8.01. The van der Waals surface area contributed by atoms with E-state index in [0.29, 0.717) is 16.1 Å². The van der Waals surface area contributed by atoms with E-state index in [2.05, 4.69) is 24.6 Å². The average molecular weight is 292 g/mol. The van der Waals surface area contributed by atoms with Gasteiger partial charge in [-0.15, -0.1) is 0 Å². The van der Waals surface area contributed by atoms with Crippen molar-refractivity contribution in [2.75, 3.05) is 18.6 Å². The molecule has 1 rings (SSSR count). The zero-order valence-electron chi connectivity index (χ0n) is 10.3. The largest absolute Gasteiger partial charge is 0.310 e. The van der Waals surface area contributed by atoms with Crippen molar-refractivity contribution in [3.8, 4) is 0 Å². The highest BCUT2D eigenvalue weighted by molar-refractivity contribution is 7.98. The molecule has 0 aliphatic rings. The van der Waals surface area contributed by atoms with Crippen LogP contribution in [-0.4, -0.2) is 18.6 Å². The summed E-state index contributed by atoms with van der Waals surface area (Å²) >= 11 is 14.2. The number of hydrogen-bond donors (Lipinski definition) is 1. The molecule has 96 valence electrons. The summed E-state index contributed by atoms with van der Waals surface area (Å²) in [6, 6.07) is 6.15. The lowest BCUT2D eigenvalue weighted by Crippen LogP contribution is -2.23. The first-order chi connectivity index (χ1) is 8.20. The third-order valence-corrected chi connectivity index (χ3v) is 4.09. The van der Waals surface area contributed by atoms with Gasteiger partial charge in [0.1, 0.15) is 0 Å². The summed E-state index contributed by atoms with van der Waals surface area (Å²) in [7, 11) is 0. The summed E-state index contributed by atoms with van der Waals surface area (Å²) in [5.74, 6) is 1.12. The molecule has 0 spiro atoms. The number of nitrogens with one attached hydrogen (secondary N) is 1. The lowest BCUT2D eigenvalue weighted by Gasteiger charge is -2.20. The molecule has 0 aliphatic carbocycles. The number of halogens is 2. The van der Waals surface area contributed by atoms with Crippen LogP contribution >= 0.6 is 35.0 Å². The normalized spacial score (nSPS) is 12.7. The van der Waals surface area contributed by atoms with Crippen molar-refractivity contribution >= 4 is 35.0 Å². The Kier molecular flexibility index (Phi) is 7.36. The maximum atomic E-state index is 6.27. The minimum Gasteiger partial charge on any atom is -0.310 e. The van der Waals surface area contributed by atoms with Crippen LogP contribution in [-0.2, 0) is 0 Å². The van der Waals surface area contributed by atoms with E-state index in [4.69, 9.17) is 23.2 Å². The van der Waals surface area contributed by atoms with Gasteiger partial charge in [0.25, 0.3) is 0 Å². The Balaban J connectivity index is 2.83. The Morgan fingerprint density at radius 2 is 2.12 bits per heavy atom. The van der Waals surface area contributed by atoms with Gasteiger partial charge in [0.15, 0.2) is 0 Å². The third-order valence-electron chi connectivity index (χ3n) is 2.61. The van der Waals surface area contributed by atoms with Crippen LogP contribution in [0.5, 0.6) is 0 Å². The van der Waals surface area contributed by atoms with Gasteiger partial charge in [-0.2, -0.15) is 11.8 Å². The molecular weight excluding hydrogens is 273 g/mol. The van der Waals surface area contributed by atoms with E-state index in [1.54, 1.807) is 0 Å². The summed E-state index contributed by atoms with van der Waals surface area (Å²) in [6.45, 7) is 3.17. The smallest absolute Gasteiger partial charge is 0.0640 e. The van der Waals surface area contributed by atoms with Crippen LogP contribution < -0.4 is 5.32 Å². The first-order valence-electron chi connectivity index (χ1n) is 5.87. The van der Waals surface area contributed by atoms with Crippen molar-refractivity contribution in [2.24, 2.45) is 0 Å². The van der Waals surface area contributed by atoms with Crippen molar-refractivity contribution in [1.82, 2.24) is 5.32 Å². The van der Waals surface area contributed by atoms with E-state index in [9.17, 15) is 0 Å². The molecule has 0 saturated heterocycles. The summed E-state index contributed by atoms with van der Waals surface area (Å²) in [4.78, 5) is 0. The SMILES string of the molecule is CCCNC(CCSC)c1cccc(Cl)c1Cl. The molecule has 1 unspecified atom stereocenters. The number of hydrogen-bond acceptors (Lipinski definition) is 2. The van der Waals surface area contributed by atoms with E-state index in [1.807, 2.05) is 23.9 Å². The standard InChI is InChI=1S/C13H19Cl2NS/c1-3-8-16-12(7-9-17-2)10-5-4-6-11(14)13(10)15/h4-6,12,16H,3,7-9H2,1-2H3. The summed E-state index contributed by atoms with van der Waals surface area (Å²) < 4.78 is 0. The molecule has 0 bridgehead atoms. The molecule has 0 heterocycles. The van der Waals surface area contributed by atoms with Crippen molar-refractivity contribution < 1.29 is 0 Å². The maximum absolute atomic E-state index is 6.27. The third kappa shape index (κ3) is 4.70. The fourth-order valence-electron chi connectivity index (χ4n) is 1.71. The van der Waals surface area contributed by atoms with E-state index in [1.165, 1.54) is 0 Å². The summed E-state index contributed by atoms with van der Waals surface area (Å²) in [6.07, 6.45) is 4.31. The molecule has 0 amide bonds. The van der Waals surface area contributed by atoms with Gasteiger partial charge in [0.2, 0.25) is 0 Å². The van der Waals surface area contributed by atoms with E-state index >= 15 is 0 Å². The minimum atomic E-state index is 0.300. The number of benzene rings is 1. The highest BCUT2D eigenvalue weighted by Crippen LogP contribution is 2.31. The fourth-order valence-corrected chi connectivity index (χ4v) is 2.62. The van der Waals surface area contributed by atoms with Gasteiger partial charge in [-0.1, -0.05) is 42.3 Å². The van der Waals surface area contributed by atoms with E-state index in [0.717, 1.165) is 30.7 Å². The Hall–Kier alpha value is 0.110. The maximum Gasteiger partial charge on any atom is 0.0640 e. The fraction of sp³-hybridized carbons (Fsp3) is 0.538. The van der Waals surface area contributed by atoms with E-state index in [-0.39, 0.29) is 0 Å². The monoisotopic (exact) mass is 291 g/mol. The van der Waals surface area contributed by atoms with Crippen LogP contribution in [0, 0.1) is 0 Å². The van der Waals surface area contributed by atoms with Gasteiger partial charge in [0.05, 0.1) is 10.0 Å². The van der Waals surface area contributed by atoms with Crippen molar-refractivity contribution in [1.29, 1.82) is 0 Å². The van der Waals surface area contributed by atoms with Crippen molar-refractivity contribution in [3.05, 3.63) is 33.8 Å². The van der Waals surface area contributed by atoms with Gasteiger partial charge in [-0.3, -0.25) is 0 Å². The lowest BCUT2D eigenvalue weighted by atomic mass is 10.0. The molecule has 1 nitrogen and oxygen atoms in total. The molecule has 0 radical (unpaired) electrons. The highest BCUT2D eigenvalue weighted by atomic mass is 35.5. The Morgan fingerprint density at radius 1 is 1.35 bits per heavy atom. The van der Waals surface area contributed by atoms with Gasteiger partial charge in [-0.25, -0.2) is 0 Å². The van der Waals surface area contributed by atoms with Gasteiger partial charge in [-0.05, 0) is 43.0 Å².